The van der Waals surface area contributed by atoms with Crippen molar-refractivity contribution in [3.05, 3.63) is 0 Å². The van der Waals surface area contributed by atoms with Crippen molar-refractivity contribution >= 4 is 0 Å². The van der Waals surface area contributed by atoms with Gasteiger partial charge in [0.1, 0.15) is 0 Å². The molecular weight excluding hydrogens is 208 g/mol. The molecule has 0 spiro atoms. The standard InChI is InChI=1S/C15H30N2/c1-15(2,3)17-11-13-7-6-12(13)5-4-10-16-14-8-9-14/h12-14,16-17H,4-11H2,1-3H3. The fourth-order valence-electron chi connectivity index (χ4n) is 2.68. The molecule has 0 aromatic heterocycles. The van der Waals surface area contributed by atoms with Crippen LogP contribution in [0.3, 0.4) is 0 Å². The van der Waals surface area contributed by atoms with E-state index in [9.17, 15) is 0 Å². The Morgan fingerprint density at radius 1 is 1.00 bits per heavy atom. The molecule has 2 saturated carbocycles. The van der Waals surface area contributed by atoms with Gasteiger partial charge in [-0.2, -0.15) is 0 Å². The number of rotatable bonds is 7. The Morgan fingerprint density at radius 2 is 1.71 bits per heavy atom. The summed E-state index contributed by atoms with van der Waals surface area (Å²) in [7, 11) is 0. The molecular formula is C15H30N2. The van der Waals surface area contributed by atoms with Gasteiger partial charge in [0.05, 0.1) is 0 Å². The summed E-state index contributed by atoms with van der Waals surface area (Å²) >= 11 is 0. The van der Waals surface area contributed by atoms with Gasteiger partial charge in [0, 0.05) is 11.6 Å². The second kappa shape index (κ2) is 5.71. The Labute approximate surface area is 107 Å². The van der Waals surface area contributed by atoms with E-state index in [0.717, 1.165) is 17.9 Å². The van der Waals surface area contributed by atoms with Crippen molar-refractivity contribution in [3.8, 4) is 0 Å². The predicted molar refractivity (Wildman–Crippen MR) is 74.2 cm³/mol. The average molecular weight is 238 g/mol. The first-order valence-electron chi connectivity index (χ1n) is 7.53. The monoisotopic (exact) mass is 238 g/mol. The molecule has 0 radical (unpaired) electrons. The van der Waals surface area contributed by atoms with Crippen LogP contribution in [0.15, 0.2) is 0 Å². The van der Waals surface area contributed by atoms with Crippen LogP contribution in [-0.2, 0) is 0 Å². The molecule has 0 bridgehead atoms. The highest BCUT2D eigenvalue weighted by Crippen LogP contribution is 2.37. The summed E-state index contributed by atoms with van der Waals surface area (Å²) in [5.41, 5.74) is 0.285. The third-order valence-corrected chi connectivity index (χ3v) is 4.23. The van der Waals surface area contributed by atoms with E-state index >= 15 is 0 Å². The van der Waals surface area contributed by atoms with Crippen molar-refractivity contribution in [1.29, 1.82) is 0 Å². The summed E-state index contributed by atoms with van der Waals surface area (Å²) in [6.07, 6.45) is 8.58. The topological polar surface area (TPSA) is 24.1 Å². The molecule has 2 N–H and O–H groups in total. The van der Waals surface area contributed by atoms with Crippen molar-refractivity contribution in [1.82, 2.24) is 10.6 Å². The Hall–Kier alpha value is -0.0800. The summed E-state index contributed by atoms with van der Waals surface area (Å²) in [5.74, 6) is 1.96. The lowest BCUT2D eigenvalue weighted by molar-refractivity contribution is 0.147. The highest BCUT2D eigenvalue weighted by molar-refractivity contribution is 4.85. The van der Waals surface area contributed by atoms with Gasteiger partial charge in [-0.1, -0.05) is 0 Å². The molecule has 0 heterocycles. The summed E-state index contributed by atoms with van der Waals surface area (Å²) < 4.78 is 0. The van der Waals surface area contributed by atoms with Crippen molar-refractivity contribution < 1.29 is 0 Å². The molecule has 2 atom stereocenters. The van der Waals surface area contributed by atoms with Gasteiger partial charge < -0.3 is 10.6 Å². The molecule has 17 heavy (non-hydrogen) atoms. The number of nitrogens with one attached hydrogen (secondary N) is 2. The van der Waals surface area contributed by atoms with E-state index in [-0.39, 0.29) is 5.54 Å². The van der Waals surface area contributed by atoms with Crippen molar-refractivity contribution in [3.63, 3.8) is 0 Å². The molecule has 100 valence electrons. The van der Waals surface area contributed by atoms with Gasteiger partial charge in [0.15, 0.2) is 0 Å². The van der Waals surface area contributed by atoms with Crippen LogP contribution in [-0.4, -0.2) is 24.7 Å². The molecule has 0 amide bonds. The fourth-order valence-corrected chi connectivity index (χ4v) is 2.68. The van der Waals surface area contributed by atoms with Crippen LogP contribution >= 0.6 is 0 Å². The van der Waals surface area contributed by atoms with Gasteiger partial charge in [-0.3, -0.25) is 0 Å². The minimum atomic E-state index is 0.285. The van der Waals surface area contributed by atoms with Crippen LogP contribution in [0.1, 0.15) is 59.3 Å². The average Bonchev–Trinajstić information content (AvgIpc) is 2.97. The smallest absolute Gasteiger partial charge is 0.00966 e. The van der Waals surface area contributed by atoms with Crippen LogP contribution in [0.2, 0.25) is 0 Å². The molecule has 0 aromatic carbocycles. The van der Waals surface area contributed by atoms with Gasteiger partial charge in [-0.05, 0) is 84.2 Å². The molecule has 2 rings (SSSR count). The molecule has 2 heteroatoms. The van der Waals surface area contributed by atoms with E-state index in [0.29, 0.717) is 0 Å². The van der Waals surface area contributed by atoms with E-state index in [1.807, 2.05) is 0 Å². The van der Waals surface area contributed by atoms with E-state index in [1.165, 1.54) is 51.6 Å². The molecule has 2 aliphatic carbocycles. The van der Waals surface area contributed by atoms with Crippen LogP contribution in [0.4, 0.5) is 0 Å². The van der Waals surface area contributed by atoms with E-state index < -0.39 is 0 Å². The maximum atomic E-state index is 3.66. The largest absolute Gasteiger partial charge is 0.314 e. The molecule has 2 aliphatic rings. The van der Waals surface area contributed by atoms with Crippen LogP contribution in [0.25, 0.3) is 0 Å². The maximum absolute atomic E-state index is 3.66. The lowest BCUT2D eigenvalue weighted by Gasteiger charge is -2.39. The Kier molecular flexibility index (Phi) is 4.48. The first-order valence-corrected chi connectivity index (χ1v) is 7.53. The molecule has 0 aromatic rings. The van der Waals surface area contributed by atoms with Gasteiger partial charge in [-0.25, -0.2) is 0 Å². The SMILES string of the molecule is CC(C)(C)NCC1CCC1CCCNC1CC1. The summed E-state index contributed by atoms with van der Waals surface area (Å²) in [6, 6.07) is 0.884. The third-order valence-electron chi connectivity index (χ3n) is 4.23. The second-order valence-corrected chi connectivity index (χ2v) is 7.10. The summed E-state index contributed by atoms with van der Waals surface area (Å²) in [6.45, 7) is 9.27. The van der Waals surface area contributed by atoms with E-state index in [4.69, 9.17) is 0 Å². The third kappa shape index (κ3) is 4.97. The van der Waals surface area contributed by atoms with Gasteiger partial charge in [0.25, 0.3) is 0 Å². The number of hydrogen-bond donors (Lipinski definition) is 2. The Morgan fingerprint density at radius 3 is 2.24 bits per heavy atom. The van der Waals surface area contributed by atoms with Crippen LogP contribution in [0.5, 0.6) is 0 Å². The van der Waals surface area contributed by atoms with Crippen molar-refractivity contribution in [2.75, 3.05) is 13.1 Å². The molecule has 0 saturated heterocycles. The highest BCUT2D eigenvalue weighted by Gasteiger charge is 2.30. The van der Waals surface area contributed by atoms with Crippen molar-refractivity contribution in [2.24, 2.45) is 11.8 Å². The van der Waals surface area contributed by atoms with Crippen LogP contribution in [0, 0.1) is 11.8 Å². The Bertz CT molecular complexity index is 228. The van der Waals surface area contributed by atoms with Crippen LogP contribution < -0.4 is 10.6 Å². The van der Waals surface area contributed by atoms with Crippen molar-refractivity contribution in [2.45, 2.75) is 70.9 Å². The lowest BCUT2D eigenvalue weighted by atomic mass is 9.71. The number of hydrogen-bond acceptors (Lipinski definition) is 2. The van der Waals surface area contributed by atoms with Gasteiger partial charge in [-0.15, -0.1) is 0 Å². The normalized spacial score (nSPS) is 29.1. The highest BCUT2D eigenvalue weighted by atomic mass is 15.0. The molecule has 2 nitrogen and oxygen atoms in total. The quantitative estimate of drug-likeness (QED) is 0.666. The molecule has 2 unspecified atom stereocenters. The van der Waals surface area contributed by atoms with E-state index in [1.54, 1.807) is 0 Å². The molecule has 0 aliphatic heterocycles. The zero-order valence-electron chi connectivity index (χ0n) is 11.9. The lowest BCUT2D eigenvalue weighted by Crippen LogP contribution is -2.43. The maximum Gasteiger partial charge on any atom is 0.00966 e. The van der Waals surface area contributed by atoms with Gasteiger partial charge in [0.2, 0.25) is 0 Å². The fraction of sp³-hybridized carbons (Fsp3) is 1.00. The summed E-state index contributed by atoms with van der Waals surface area (Å²) in [5, 5.41) is 7.27. The molecule has 2 fully saturated rings. The van der Waals surface area contributed by atoms with E-state index in [2.05, 4.69) is 31.4 Å². The minimum Gasteiger partial charge on any atom is -0.314 e. The summed E-state index contributed by atoms with van der Waals surface area (Å²) in [4.78, 5) is 0. The zero-order chi connectivity index (χ0) is 12.3. The first kappa shape index (κ1) is 13.4. The minimum absolute atomic E-state index is 0.285. The Balaban J connectivity index is 1.51. The van der Waals surface area contributed by atoms with Gasteiger partial charge >= 0.3 is 0 Å². The predicted octanol–water partition coefficient (Wildman–Crippen LogP) is 2.93. The zero-order valence-corrected chi connectivity index (χ0v) is 11.9. The first-order chi connectivity index (χ1) is 8.04. The second-order valence-electron chi connectivity index (χ2n) is 7.10.